The molecule has 0 amide bonds. The Morgan fingerprint density at radius 2 is 1.52 bits per heavy atom. The molecule has 0 aliphatic heterocycles. The standard InChI is InChI=1S/C14H27F3O4Si2/c1-9-10-11(20-22(3,4)5)13(12(18)19-2,14(15,16)17)21-23(6,7)8/h9-11H,1-8H3/b10-9+. The van der Waals surface area contributed by atoms with Crippen molar-refractivity contribution in [2.45, 2.75) is 64.1 Å². The molecule has 0 aliphatic carbocycles. The average Bonchev–Trinajstić information content (AvgIpc) is 2.30. The van der Waals surface area contributed by atoms with Crippen molar-refractivity contribution in [3.05, 3.63) is 12.2 Å². The molecular weight excluding hydrogens is 345 g/mol. The molecule has 136 valence electrons. The van der Waals surface area contributed by atoms with Gasteiger partial charge in [0.2, 0.25) is 0 Å². The predicted octanol–water partition coefficient (Wildman–Crippen LogP) is 4.11. The molecule has 0 rings (SSSR count). The van der Waals surface area contributed by atoms with E-state index >= 15 is 0 Å². The van der Waals surface area contributed by atoms with Crippen LogP contribution in [-0.4, -0.2) is 47.6 Å². The SMILES string of the molecule is C/C=C/C(O[Si](C)(C)C)C(O[Si](C)(C)C)(C(=O)OC)C(F)(F)F. The minimum Gasteiger partial charge on any atom is -0.467 e. The number of methoxy groups -OCH3 is 1. The third-order valence-corrected chi connectivity index (χ3v) is 4.52. The first kappa shape index (κ1) is 22.4. The van der Waals surface area contributed by atoms with Crippen molar-refractivity contribution in [2.24, 2.45) is 0 Å². The van der Waals surface area contributed by atoms with E-state index in [0.29, 0.717) is 0 Å². The molecule has 0 radical (unpaired) electrons. The van der Waals surface area contributed by atoms with Crippen molar-refractivity contribution in [1.29, 1.82) is 0 Å². The van der Waals surface area contributed by atoms with Gasteiger partial charge in [0.05, 0.1) is 7.11 Å². The molecule has 0 saturated heterocycles. The molecule has 0 aromatic rings. The van der Waals surface area contributed by atoms with Crippen molar-refractivity contribution in [1.82, 2.24) is 0 Å². The first-order valence-electron chi connectivity index (χ1n) is 7.26. The smallest absolute Gasteiger partial charge is 0.430 e. The molecule has 0 spiro atoms. The molecule has 0 aromatic heterocycles. The van der Waals surface area contributed by atoms with Crippen LogP contribution in [0.3, 0.4) is 0 Å². The van der Waals surface area contributed by atoms with Gasteiger partial charge in [0.1, 0.15) is 6.10 Å². The zero-order valence-electron chi connectivity index (χ0n) is 15.0. The summed E-state index contributed by atoms with van der Waals surface area (Å²) in [5.41, 5.74) is -3.17. The third kappa shape index (κ3) is 6.05. The first-order chi connectivity index (χ1) is 10.1. The number of hydrogen-bond donors (Lipinski definition) is 0. The summed E-state index contributed by atoms with van der Waals surface area (Å²) in [6.07, 6.45) is -3.95. The number of esters is 1. The molecule has 4 nitrogen and oxygen atoms in total. The maximum absolute atomic E-state index is 14.0. The van der Waals surface area contributed by atoms with Crippen LogP contribution in [0.5, 0.6) is 0 Å². The minimum absolute atomic E-state index is 0.914. The fourth-order valence-electron chi connectivity index (χ4n) is 2.00. The Bertz CT molecular complexity index is 439. The topological polar surface area (TPSA) is 44.8 Å². The lowest BCUT2D eigenvalue weighted by Crippen LogP contribution is -2.67. The molecule has 2 unspecified atom stereocenters. The maximum atomic E-state index is 14.0. The van der Waals surface area contributed by atoms with Gasteiger partial charge < -0.3 is 13.6 Å². The number of carbonyl (C=O) groups is 1. The highest BCUT2D eigenvalue weighted by molar-refractivity contribution is 6.70. The molecular formula is C14H27F3O4Si2. The summed E-state index contributed by atoms with van der Waals surface area (Å²) in [6, 6.07) is 0. The highest BCUT2D eigenvalue weighted by atomic mass is 28.4. The Kier molecular flexibility index (Phi) is 7.29. The van der Waals surface area contributed by atoms with Gasteiger partial charge in [0.15, 0.2) is 16.6 Å². The second-order valence-electron chi connectivity index (χ2n) is 7.12. The lowest BCUT2D eigenvalue weighted by atomic mass is 9.95. The van der Waals surface area contributed by atoms with Crippen LogP contribution in [-0.2, 0) is 18.4 Å². The Labute approximate surface area is 138 Å². The Balaban J connectivity index is 6.39. The number of ether oxygens (including phenoxy) is 1. The molecule has 0 N–H and O–H groups in total. The number of hydrogen-bond acceptors (Lipinski definition) is 4. The van der Waals surface area contributed by atoms with Gasteiger partial charge in [-0.25, -0.2) is 4.79 Å². The first-order valence-corrected chi connectivity index (χ1v) is 14.1. The summed E-state index contributed by atoms with van der Waals surface area (Å²) in [6.45, 7) is 11.5. The molecule has 0 fully saturated rings. The summed E-state index contributed by atoms with van der Waals surface area (Å²) < 4.78 is 57.5. The fraction of sp³-hybridized carbons (Fsp3) is 0.786. The van der Waals surface area contributed by atoms with Gasteiger partial charge in [0.25, 0.3) is 5.60 Å². The van der Waals surface area contributed by atoms with E-state index in [1.807, 2.05) is 0 Å². The van der Waals surface area contributed by atoms with Crippen molar-refractivity contribution < 1.29 is 31.6 Å². The highest BCUT2D eigenvalue weighted by Gasteiger charge is 2.69. The van der Waals surface area contributed by atoms with Gasteiger partial charge >= 0.3 is 12.1 Å². The quantitative estimate of drug-likeness (QED) is 0.383. The Hall–Kier alpha value is -0.646. The normalized spacial score (nSPS) is 17.9. The van der Waals surface area contributed by atoms with Crippen LogP contribution in [0, 0.1) is 0 Å². The van der Waals surface area contributed by atoms with Gasteiger partial charge in [-0.1, -0.05) is 12.2 Å². The van der Waals surface area contributed by atoms with Crippen LogP contribution in [0.2, 0.25) is 39.3 Å². The summed E-state index contributed by atoms with van der Waals surface area (Å²) in [7, 11) is -4.26. The molecule has 2 atom stereocenters. The Morgan fingerprint density at radius 1 is 1.04 bits per heavy atom. The van der Waals surface area contributed by atoms with E-state index in [-0.39, 0.29) is 0 Å². The van der Waals surface area contributed by atoms with E-state index in [9.17, 15) is 18.0 Å². The third-order valence-electron chi connectivity index (χ3n) is 2.63. The minimum atomic E-state index is -4.98. The van der Waals surface area contributed by atoms with E-state index in [2.05, 4.69) is 4.74 Å². The van der Waals surface area contributed by atoms with Crippen molar-refractivity contribution in [3.8, 4) is 0 Å². The number of allylic oxidation sites excluding steroid dienone is 1. The van der Waals surface area contributed by atoms with Gasteiger partial charge in [-0.2, -0.15) is 13.2 Å². The largest absolute Gasteiger partial charge is 0.467 e. The van der Waals surface area contributed by atoms with Gasteiger partial charge in [-0.3, -0.25) is 0 Å². The Morgan fingerprint density at radius 3 is 1.78 bits per heavy atom. The van der Waals surface area contributed by atoms with Crippen molar-refractivity contribution in [2.75, 3.05) is 7.11 Å². The van der Waals surface area contributed by atoms with Crippen LogP contribution in [0.1, 0.15) is 6.92 Å². The highest BCUT2D eigenvalue weighted by Crippen LogP contribution is 2.42. The van der Waals surface area contributed by atoms with E-state index in [1.165, 1.54) is 12.2 Å². The van der Waals surface area contributed by atoms with Crippen LogP contribution in [0.4, 0.5) is 13.2 Å². The zero-order chi connectivity index (χ0) is 18.7. The second-order valence-corrected chi connectivity index (χ2v) is 16.0. The van der Waals surface area contributed by atoms with E-state index in [4.69, 9.17) is 8.85 Å². The van der Waals surface area contributed by atoms with Gasteiger partial charge in [-0.05, 0) is 46.2 Å². The zero-order valence-corrected chi connectivity index (χ0v) is 17.0. The molecule has 23 heavy (non-hydrogen) atoms. The van der Waals surface area contributed by atoms with E-state index < -0.39 is 40.5 Å². The molecule has 0 aromatic carbocycles. The summed E-state index contributed by atoms with van der Waals surface area (Å²) in [5.74, 6) is -1.49. The van der Waals surface area contributed by atoms with Crippen LogP contribution < -0.4 is 0 Å². The fourth-order valence-corrected chi connectivity index (χ4v) is 4.29. The van der Waals surface area contributed by atoms with Crippen LogP contribution >= 0.6 is 0 Å². The van der Waals surface area contributed by atoms with Gasteiger partial charge in [0, 0.05) is 0 Å². The molecule has 9 heteroatoms. The summed E-state index contributed by atoms with van der Waals surface area (Å²) >= 11 is 0. The van der Waals surface area contributed by atoms with E-state index in [1.54, 1.807) is 46.2 Å². The number of halogens is 3. The number of alkyl halides is 3. The monoisotopic (exact) mass is 372 g/mol. The molecule has 0 aliphatic rings. The van der Waals surface area contributed by atoms with Gasteiger partial charge in [-0.15, -0.1) is 0 Å². The number of carbonyl (C=O) groups excluding carboxylic acids is 1. The van der Waals surface area contributed by atoms with E-state index in [0.717, 1.165) is 7.11 Å². The predicted molar refractivity (Wildman–Crippen MR) is 88.3 cm³/mol. The summed E-state index contributed by atoms with van der Waals surface area (Å²) in [4.78, 5) is 12.2. The average molecular weight is 373 g/mol. The molecule has 0 bridgehead atoms. The van der Waals surface area contributed by atoms with Crippen molar-refractivity contribution >= 4 is 22.6 Å². The van der Waals surface area contributed by atoms with Crippen LogP contribution in [0.15, 0.2) is 12.2 Å². The van der Waals surface area contributed by atoms with Crippen molar-refractivity contribution in [3.63, 3.8) is 0 Å². The lowest BCUT2D eigenvalue weighted by Gasteiger charge is -2.43. The maximum Gasteiger partial charge on any atom is 0.430 e. The lowest BCUT2D eigenvalue weighted by molar-refractivity contribution is -0.271. The van der Waals surface area contributed by atoms with Crippen LogP contribution in [0.25, 0.3) is 0 Å². The second kappa shape index (κ2) is 7.50. The molecule has 0 saturated carbocycles. The summed E-state index contributed by atoms with van der Waals surface area (Å²) in [5, 5.41) is 0. The number of rotatable bonds is 7. The molecule has 0 heterocycles.